The van der Waals surface area contributed by atoms with Gasteiger partial charge in [-0.2, -0.15) is 4.31 Å². The molecule has 108 valence electrons. The predicted molar refractivity (Wildman–Crippen MR) is 70.2 cm³/mol. The van der Waals surface area contributed by atoms with Gasteiger partial charge in [-0.3, -0.25) is 0 Å². The minimum atomic E-state index is -3.16. The summed E-state index contributed by atoms with van der Waals surface area (Å²) in [5.41, 5.74) is 0. The van der Waals surface area contributed by atoms with Crippen LogP contribution in [0.25, 0.3) is 0 Å². The number of methoxy groups -OCH3 is 1. The van der Waals surface area contributed by atoms with Crippen molar-refractivity contribution in [3.63, 3.8) is 0 Å². The number of rotatable bonds is 8. The topological polar surface area (TPSA) is 59.1 Å². The van der Waals surface area contributed by atoms with Crippen LogP contribution in [-0.2, 0) is 19.5 Å². The summed E-state index contributed by atoms with van der Waals surface area (Å²) in [6.07, 6.45) is 0. The Hall–Kier alpha value is -0.210. The summed E-state index contributed by atoms with van der Waals surface area (Å²) in [7, 11) is -1.57. The summed E-state index contributed by atoms with van der Waals surface area (Å²) in [6.45, 7) is 7.06. The summed E-state index contributed by atoms with van der Waals surface area (Å²) in [6, 6.07) is 0. The molecule has 0 unspecified atom stereocenters. The quantitative estimate of drug-likeness (QED) is 0.567. The van der Waals surface area contributed by atoms with Crippen LogP contribution in [-0.4, -0.2) is 83.0 Å². The smallest absolute Gasteiger partial charge is 0.216 e. The molecule has 1 heterocycles. The molecule has 1 saturated heterocycles. The van der Waals surface area contributed by atoms with Gasteiger partial charge < -0.3 is 14.4 Å². The molecule has 0 amide bonds. The molecule has 18 heavy (non-hydrogen) atoms. The van der Waals surface area contributed by atoms with Crippen LogP contribution in [0.4, 0.5) is 0 Å². The van der Waals surface area contributed by atoms with Crippen LogP contribution >= 0.6 is 0 Å². The molecule has 0 N–H and O–H groups in total. The standard InChI is InChI=1S/C11H24N2O4S/c1-3-12-4-6-13(7-5-12)18(14,15)11-10-17-9-8-16-2/h3-11H2,1-2H3. The highest BCUT2D eigenvalue weighted by Crippen LogP contribution is 2.07. The van der Waals surface area contributed by atoms with Crippen LogP contribution in [0.1, 0.15) is 6.92 Å². The van der Waals surface area contributed by atoms with Crippen LogP contribution in [0.3, 0.4) is 0 Å². The second kappa shape index (κ2) is 8.06. The van der Waals surface area contributed by atoms with Crippen molar-refractivity contribution in [3.05, 3.63) is 0 Å². The first-order chi connectivity index (χ1) is 8.60. The second-order valence-corrected chi connectivity index (χ2v) is 6.34. The highest BCUT2D eigenvalue weighted by Gasteiger charge is 2.25. The fourth-order valence-corrected chi connectivity index (χ4v) is 3.17. The minimum Gasteiger partial charge on any atom is -0.382 e. The van der Waals surface area contributed by atoms with E-state index in [1.54, 1.807) is 11.4 Å². The molecule has 0 aromatic carbocycles. The minimum absolute atomic E-state index is 0.0584. The third kappa shape index (κ3) is 5.19. The molecule has 6 nitrogen and oxygen atoms in total. The van der Waals surface area contributed by atoms with Gasteiger partial charge in [0.15, 0.2) is 0 Å². The molecular formula is C11H24N2O4S. The van der Waals surface area contributed by atoms with Crippen LogP contribution in [0, 0.1) is 0 Å². The van der Waals surface area contributed by atoms with Crippen LogP contribution in [0.5, 0.6) is 0 Å². The number of hydrogen-bond donors (Lipinski definition) is 0. The molecule has 0 aliphatic carbocycles. The predicted octanol–water partition coefficient (Wildman–Crippen LogP) is -0.383. The molecule has 0 atom stereocenters. The zero-order chi connectivity index (χ0) is 13.4. The Kier molecular flexibility index (Phi) is 7.10. The van der Waals surface area contributed by atoms with E-state index < -0.39 is 10.0 Å². The number of ether oxygens (including phenoxy) is 2. The van der Waals surface area contributed by atoms with E-state index in [0.29, 0.717) is 26.3 Å². The number of nitrogens with zero attached hydrogens (tertiary/aromatic N) is 2. The van der Waals surface area contributed by atoms with E-state index in [0.717, 1.165) is 19.6 Å². The fourth-order valence-electron chi connectivity index (χ4n) is 1.86. The highest BCUT2D eigenvalue weighted by molar-refractivity contribution is 7.89. The molecule has 0 aromatic rings. The van der Waals surface area contributed by atoms with Crippen molar-refractivity contribution in [3.8, 4) is 0 Å². The van der Waals surface area contributed by atoms with Crippen molar-refractivity contribution in [2.75, 3.05) is 65.4 Å². The maximum atomic E-state index is 12.0. The molecule has 0 bridgehead atoms. The average Bonchev–Trinajstić information content (AvgIpc) is 2.38. The van der Waals surface area contributed by atoms with Gasteiger partial charge in [0.1, 0.15) is 0 Å². The zero-order valence-electron chi connectivity index (χ0n) is 11.3. The van der Waals surface area contributed by atoms with Gasteiger partial charge in [-0.1, -0.05) is 6.92 Å². The molecule has 1 aliphatic rings. The third-order valence-corrected chi connectivity index (χ3v) is 4.92. The Morgan fingerprint density at radius 3 is 2.28 bits per heavy atom. The van der Waals surface area contributed by atoms with Gasteiger partial charge in [-0.05, 0) is 6.54 Å². The van der Waals surface area contributed by atoms with Crippen molar-refractivity contribution in [2.45, 2.75) is 6.92 Å². The van der Waals surface area contributed by atoms with Gasteiger partial charge in [0, 0.05) is 33.3 Å². The van der Waals surface area contributed by atoms with Crippen molar-refractivity contribution in [1.82, 2.24) is 9.21 Å². The lowest BCUT2D eigenvalue weighted by Crippen LogP contribution is -2.49. The summed E-state index contributed by atoms with van der Waals surface area (Å²) >= 11 is 0. The second-order valence-electron chi connectivity index (χ2n) is 4.25. The van der Waals surface area contributed by atoms with E-state index in [-0.39, 0.29) is 12.4 Å². The molecule has 1 rings (SSSR count). The first-order valence-electron chi connectivity index (χ1n) is 6.37. The lowest BCUT2D eigenvalue weighted by molar-refractivity contribution is 0.0779. The lowest BCUT2D eigenvalue weighted by atomic mass is 10.4. The van der Waals surface area contributed by atoms with E-state index in [4.69, 9.17) is 9.47 Å². The average molecular weight is 280 g/mol. The van der Waals surface area contributed by atoms with E-state index in [2.05, 4.69) is 11.8 Å². The number of likely N-dealkylation sites (N-methyl/N-ethyl adjacent to an activating group) is 1. The molecule has 1 fully saturated rings. The molecule has 0 spiro atoms. The van der Waals surface area contributed by atoms with Crippen LogP contribution < -0.4 is 0 Å². The molecular weight excluding hydrogens is 256 g/mol. The summed E-state index contributed by atoms with van der Waals surface area (Å²) in [4.78, 5) is 2.25. The molecule has 0 radical (unpaired) electrons. The Labute approximate surface area is 110 Å². The molecule has 1 aliphatic heterocycles. The summed E-state index contributed by atoms with van der Waals surface area (Å²) in [5.74, 6) is 0.0584. The Balaban J connectivity index is 2.26. The zero-order valence-corrected chi connectivity index (χ0v) is 12.1. The maximum Gasteiger partial charge on any atom is 0.216 e. The van der Waals surface area contributed by atoms with Gasteiger partial charge in [-0.25, -0.2) is 8.42 Å². The van der Waals surface area contributed by atoms with Gasteiger partial charge in [0.05, 0.1) is 25.6 Å². The van der Waals surface area contributed by atoms with E-state index in [1.807, 2.05) is 0 Å². The number of sulfonamides is 1. The van der Waals surface area contributed by atoms with Gasteiger partial charge in [-0.15, -0.1) is 0 Å². The normalized spacial score (nSPS) is 19.2. The van der Waals surface area contributed by atoms with E-state index in [1.165, 1.54) is 0 Å². The molecule has 0 aromatic heterocycles. The molecule has 7 heteroatoms. The summed E-state index contributed by atoms with van der Waals surface area (Å²) in [5, 5.41) is 0. The Bertz CT molecular complexity index is 313. The van der Waals surface area contributed by atoms with Crippen molar-refractivity contribution in [2.24, 2.45) is 0 Å². The van der Waals surface area contributed by atoms with Gasteiger partial charge in [0.2, 0.25) is 10.0 Å². The number of hydrogen-bond acceptors (Lipinski definition) is 5. The van der Waals surface area contributed by atoms with Gasteiger partial charge >= 0.3 is 0 Å². The monoisotopic (exact) mass is 280 g/mol. The van der Waals surface area contributed by atoms with Crippen LogP contribution in [0.15, 0.2) is 0 Å². The SMILES string of the molecule is CCN1CCN(S(=O)(=O)CCOCCOC)CC1. The van der Waals surface area contributed by atoms with E-state index >= 15 is 0 Å². The fraction of sp³-hybridized carbons (Fsp3) is 1.00. The third-order valence-electron chi connectivity index (χ3n) is 3.09. The van der Waals surface area contributed by atoms with Crippen molar-refractivity contribution >= 4 is 10.0 Å². The van der Waals surface area contributed by atoms with Crippen LogP contribution in [0.2, 0.25) is 0 Å². The van der Waals surface area contributed by atoms with Gasteiger partial charge in [0.25, 0.3) is 0 Å². The van der Waals surface area contributed by atoms with Crippen molar-refractivity contribution < 1.29 is 17.9 Å². The maximum absolute atomic E-state index is 12.0. The highest BCUT2D eigenvalue weighted by atomic mass is 32.2. The largest absolute Gasteiger partial charge is 0.382 e. The van der Waals surface area contributed by atoms with Crippen molar-refractivity contribution in [1.29, 1.82) is 0 Å². The lowest BCUT2D eigenvalue weighted by Gasteiger charge is -2.33. The Morgan fingerprint density at radius 1 is 1.06 bits per heavy atom. The Morgan fingerprint density at radius 2 is 1.72 bits per heavy atom. The first-order valence-corrected chi connectivity index (χ1v) is 7.98. The first kappa shape index (κ1) is 15.8. The number of piperazine rings is 1. The summed E-state index contributed by atoms with van der Waals surface area (Å²) < 4.78 is 35.6. The molecule has 0 saturated carbocycles. The van der Waals surface area contributed by atoms with E-state index in [9.17, 15) is 8.42 Å².